The fourth-order valence-electron chi connectivity index (χ4n) is 11.9. The number of rotatable bonds is 49. The summed E-state index contributed by atoms with van der Waals surface area (Å²) in [6.45, 7) is 16.2. The molecule has 4 rings (SSSR count). The van der Waals surface area contributed by atoms with Crippen LogP contribution in [0, 0.1) is 11.3 Å². The molecule has 0 aliphatic rings. The molecule has 484 valence electrons. The number of hydrogen-bond donors (Lipinski definition) is 0. The summed E-state index contributed by atoms with van der Waals surface area (Å²) in [5.41, 5.74) is 0. The second kappa shape index (κ2) is 42.7. The van der Waals surface area contributed by atoms with Gasteiger partial charge in [-0.3, -0.25) is 23.2 Å². The minimum absolute atomic E-state index is 0.0890. The summed E-state index contributed by atoms with van der Waals surface area (Å²) in [6, 6.07) is 42.7. The van der Waals surface area contributed by atoms with Gasteiger partial charge in [0.05, 0.1) is 32.3 Å². The Kier molecular flexibility index (Phi) is 36.9. The third-order valence-corrected chi connectivity index (χ3v) is 28.3. The van der Waals surface area contributed by atoms with E-state index in [1.807, 2.05) is 72.8 Å². The highest BCUT2D eigenvalue weighted by atomic mass is 31.2. The Morgan fingerprint density at radius 1 is 0.414 bits per heavy atom. The standard InChI is InChI=1S/C73H114NO10PSi2/c1-9-11-13-15-17-19-21-23-25-27-29-31-45-56-70(75)78-60-64(83-86(72(3,4)5,66-48-37-33-38-49-66)67-50-39-34-40-51-67)62-81-85(77,80-59-47-58-74)82-63-65(61-79-71(76)57-46-32-30-28-26-24-22-20-18-16-14-12-10-2)84-87(73(6,7)8,68-52-41-35-42-53-68)69-54-43-36-44-55-69/h33-44,48-55,64-65H,9-32,45-47,56-57,59-63H2,1-8H3/t64-,65-/m0/s1. The maximum Gasteiger partial charge on any atom is 0.475 e. The van der Waals surface area contributed by atoms with Gasteiger partial charge in [0.2, 0.25) is 0 Å². The predicted molar refractivity (Wildman–Crippen MR) is 363 cm³/mol. The van der Waals surface area contributed by atoms with E-state index in [1.165, 1.54) is 116 Å². The fourth-order valence-corrected chi connectivity index (χ4v) is 22.4. The van der Waals surface area contributed by atoms with E-state index in [9.17, 15) is 14.9 Å². The van der Waals surface area contributed by atoms with E-state index in [0.717, 1.165) is 59.3 Å². The van der Waals surface area contributed by atoms with Crippen molar-refractivity contribution >= 4 is 57.1 Å². The zero-order valence-electron chi connectivity index (χ0n) is 55.2. The van der Waals surface area contributed by atoms with Gasteiger partial charge in [0.15, 0.2) is 0 Å². The first-order valence-corrected chi connectivity index (χ1v) is 39.1. The highest BCUT2D eigenvalue weighted by Gasteiger charge is 2.53. The lowest BCUT2D eigenvalue weighted by molar-refractivity contribution is -0.147. The van der Waals surface area contributed by atoms with Gasteiger partial charge >= 0.3 is 19.8 Å². The predicted octanol–water partition coefficient (Wildman–Crippen LogP) is 18.0. The molecule has 0 saturated carbocycles. The van der Waals surface area contributed by atoms with Crippen molar-refractivity contribution in [1.82, 2.24) is 0 Å². The van der Waals surface area contributed by atoms with Crippen LogP contribution < -0.4 is 20.7 Å². The van der Waals surface area contributed by atoms with Gasteiger partial charge in [-0.05, 0) is 43.7 Å². The number of phosphoric ester groups is 1. The fraction of sp³-hybridized carbons (Fsp3) is 0.630. The number of ether oxygens (including phenoxy) is 2. The van der Waals surface area contributed by atoms with Crippen LogP contribution in [0.15, 0.2) is 121 Å². The minimum Gasteiger partial charge on any atom is -0.463 e. The van der Waals surface area contributed by atoms with Crippen LogP contribution in [-0.4, -0.2) is 73.8 Å². The molecule has 0 heterocycles. The number of esters is 2. The number of unbranched alkanes of at least 4 members (excludes halogenated alkanes) is 24. The highest BCUT2D eigenvalue weighted by molar-refractivity contribution is 7.48. The lowest BCUT2D eigenvalue weighted by Gasteiger charge is -2.45. The monoisotopic (exact) mass is 1250 g/mol. The SMILES string of the molecule is CCCCCCCCCCCCCCCC(=O)OC[C@@H](COP(=O)(OCCC#N)OC[C@H](COC(=O)CCCCCCCCCCCCCCC)O[Si](c1ccccc1)(c1ccccc1)C(C)(C)C)O[Si](c1ccccc1)(c1ccccc1)C(C)(C)C. The second-order valence-corrected chi connectivity index (χ2v) is 36.1. The molecule has 0 aliphatic heterocycles. The number of nitriles is 1. The van der Waals surface area contributed by atoms with Crippen LogP contribution in [0.4, 0.5) is 0 Å². The summed E-state index contributed by atoms with van der Waals surface area (Å²) in [6.07, 6.45) is 29.8. The average molecular weight is 1250 g/mol. The zero-order valence-corrected chi connectivity index (χ0v) is 58.1. The molecule has 14 heteroatoms. The molecule has 11 nitrogen and oxygen atoms in total. The smallest absolute Gasteiger partial charge is 0.463 e. The molecule has 4 aromatic rings. The minimum atomic E-state index is -4.60. The number of hydrogen-bond acceptors (Lipinski definition) is 11. The summed E-state index contributed by atoms with van der Waals surface area (Å²) in [4.78, 5) is 27.4. The second-order valence-electron chi connectivity index (χ2n) is 25.9. The van der Waals surface area contributed by atoms with Gasteiger partial charge in [-0.15, -0.1) is 0 Å². The van der Waals surface area contributed by atoms with E-state index in [1.54, 1.807) is 0 Å². The largest absolute Gasteiger partial charge is 0.475 e. The quantitative estimate of drug-likeness (QED) is 0.0181. The molecule has 0 amide bonds. The molecule has 0 aliphatic carbocycles. The van der Waals surface area contributed by atoms with Gasteiger partial charge in [-0.25, -0.2) is 4.57 Å². The topological polar surface area (TPSA) is 140 Å². The highest BCUT2D eigenvalue weighted by Crippen LogP contribution is 2.51. The van der Waals surface area contributed by atoms with Crippen molar-refractivity contribution in [2.24, 2.45) is 0 Å². The van der Waals surface area contributed by atoms with Crippen molar-refractivity contribution in [2.75, 3.05) is 33.0 Å². The Hall–Kier alpha value is -4.23. The van der Waals surface area contributed by atoms with Gasteiger partial charge in [0.1, 0.15) is 25.4 Å². The molecule has 87 heavy (non-hydrogen) atoms. The third-order valence-electron chi connectivity index (χ3n) is 16.7. The van der Waals surface area contributed by atoms with Gasteiger partial charge in [0, 0.05) is 12.8 Å². The van der Waals surface area contributed by atoms with Gasteiger partial charge in [-0.1, -0.05) is 331 Å². The molecule has 0 spiro atoms. The summed E-state index contributed by atoms with van der Waals surface area (Å²) >= 11 is 0. The summed E-state index contributed by atoms with van der Waals surface area (Å²) in [5.74, 6) is -0.684. The average Bonchev–Trinajstić information content (AvgIpc) is 1.03. The van der Waals surface area contributed by atoms with Crippen LogP contribution in [0.1, 0.15) is 242 Å². The zero-order chi connectivity index (χ0) is 63.0. The molecule has 2 atom stereocenters. The lowest BCUT2D eigenvalue weighted by atomic mass is 10.0. The molecule has 0 fully saturated rings. The van der Waals surface area contributed by atoms with Crippen molar-refractivity contribution in [3.63, 3.8) is 0 Å². The number of benzene rings is 4. The normalized spacial score (nSPS) is 13.0. The molecule has 0 bridgehead atoms. The Morgan fingerprint density at radius 2 is 0.678 bits per heavy atom. The first kappa shape index (κ1) is 75.2. The van der Waals surface area contributed by atoms with Gasteiger partial charge < -0.3 is 18.3 Å². The number of phosphoric acid groups is 1. The number of nitrogens with zero attached hydrogens (tertiary/aromatic N) is 1. The van der Waals surface area contributed by atoms with E-state index < -0.39 is 46.7 Å². The number of carbonyl (C=O) groups is 2. The first-order chi connectivity index (χ1) is 42.0. The van der Waals surface area contributed by atoms with Crippen LogP contribution in [-0.2, 0) is 46.1 Å². The van der Waals surface area contributed by atoms with E-state index in [-0.39, 0.29) is 64.2 Å². The molecule has 0 radical (unpaired) electrons. The van der Waals surface area contributed by atoms with Gasteiger partial charge in [-0.2, -0.15) is 5.26 Å². The van der Waals surface area contributed by atoms with E-state index in [4.69, 9.17) is 31.9 Å². The molecule has 0 aromatic heterocycles. The first-order valence-electron chi connectivity index (χ1n) is 33.8. The Labute approximate surface area is 530 Å². The van der Waals surface area contributed by atoms with Crippen molar-refractivity contribution in [1.29, 1.82) is 5.26 Å². The maximum atomic E-state index is 15.4. The van der Waals surface area contributed by atoms with E-state index in [2.05, 4.69) is 110 Å². The maximum absolute atomic E-state index is 15.4. The number of carbonyl (C=O) groups excluding carboxylic acids is 2. The molecule has 4 aromatic carbocycles. The van der Waals surface area contributed by atoms with Crippen LogP contribution in [0.25, 0.3) is 0 Å². The summed E-state index contributed by atoms with van der Waals surface area (Å²) < 4.78 is 61.5. The van der Waals surface area contributed by atoms with E-state index >= 15 is 4.57 Å². The van der Waals surface area contributed by atoms with Crippen LogP contribution in [0.3, 0.4) is 0 Å². The van der Waals surface area contributed by atoms with Crippen LogP contribution >= 0.6 is 7.82 Å². The Balaban J connectivity index is 1.59. The molecular weight excluding hydrogens is 1140 g/mol. The lowest BCUT2D eigenvalue weighted by Crippen LogP contribution is -2.68. The van der Waals surface area contributed by atoms with Crippen molar-refractivity contribution < 1.29 is 46.1 Å². The third kappa shape index (κ3) is 27.4. The van der Waals surface area contributed by atoms with E-state index in [0.29, 0.717) is 12.8 Å². The van der Waals surface area contributed by atoms with Crippen molar-refractivity contribution in [3.8, 4) is 6.07 Å². The van der Waals surface area contributed by atoms with Gasteiger partial charge in [0.25, 0.3) is 16.6 Å². The molecule has 0 saturated heterocycles. The van der Waals surface area contributed by atoms with Crippen molar-refractivity contribution in [2.45, 2.75) is 264 Å². The van der Waals surface area contributed by atoms with Crippen LogP contribution in [0.2, 0.25) is 10.1 Å². The molecule has 0 N–H and O–H groups in total. The summed E-state index contributed by atoms with van der Waals surface area (Å²) in [7, 11) is -11.2. The van der Waals surface area contributed by atoms with Crippen LogP contribution in [0.5, 0.6) is 0 Å². The van der Waals surface area contributed by atoms with Crippen molar-refractivity contribution in [3.05, 3.63) is 121 Å². The Morgan fingerprint density at radius 3 is 0.931 bits per heavy atom. The molecular formula is C73H114NO10PSi2. The molecule has 0 unspecified atom stereocenters. The summed E-state index contributed by atoms with van der Waals surface area (Å²) in [5, 5.41) is 12.8. The Bertz CT molecular complexity index is 2260.